The fourth-order valence-electron chi connectivity index (χ4n) is 3.03. The molecule has 0 aromatic carbocycles. The largest absolute Gasteiger partial charge is 0.342 e. The van der Waals surface area contributed by atoms with Crippen LogP contribution in [0.5, 0.6) is 0 Å². The number of rotatable bonds is 2. The molecule has 0 aromatic rings. The summed E-state index contributed by atoms with van der Waals surface area (Å²) >= 11 is 4.35. The maximum absolute atomic E-state index is 11.2. The Kier molecular flexibility index (Phi) is 3.26. The maximum Gasteiger partial charge on any atom is 0.219 e. The number of carbonyl (C=O) groups is 1. The van der Waals surface area contributed by atoms with Crippen molar-refractivity contribution in [3.8, 4) is 0 Å². The van der Waals surface area contributed by atoms with E-state index in [9.17, 15) is 4.79 Å². The van der Waals surface area contributed by atoms with E-state index in [2.05, 4.69) is 24.9 Å². The van der Waals surface area contributed by atoms with E-state index in [1.165, 1.54) is 12.8 Å². The summed E-state index contributed by atoms with van der Waals surface area (Å²) in [5.74, 6) is 1.67. The molecule has 1 aliphatic carbocycles. The number of nitrogens with zero attached hydrogens (tertiary/aromatic N) is 1. The Morgan fingerprint density at radius 3 is 2.33 bits per heavy atom. The lowest BCUT2D eigenvalue weighted by atomic mass is 10.0. The summed E-state index contributed by atoms with van der Waals surface area (Å²) in [6.45, 7) is 5.68. The fraction of sp³-hybridized carbons (Fsp3) is 0.909. The van der Waals surface area contributed by atoms with E-state index in [1.54, 1.807) is 6.92 Å². The summed E-state index contributed by atoms with van der Waals surface area (Å²) in [6.07, 6.45) is 2.42. The second-order valence-electron chi connectivity index (χ2n) is 4.96. The van der Waals surface area contributed by atoms with Gasteiger partial charge in [0, 0.05) is 31.4 Å². The molecule has 4 atom stereocenters. The van der Waals surface area contributed by atoms with Crippen LogP contribution in [0.2, 0.25) is 0 Å². The van der Waals surface area contributed by atoms with Crippen LogP contribution >= 0.6 is 12.6 Å². The molecule has 1 saturated heterocycles. The monoisotopic (exact) mass is 228 g/mol. The molecule has 0 spiro atoms. The first-order valence-electron chi connectivity index (χ1n) is 5.76. The molecule has 1 unspecified atom stereocenters. The zero-order chi connectivity index (χ0) is 11.0. The molecule has 4 heteroatoms. The molecule has 2 fully saturated rings. The lowest BCUT2D eigenvalue weighted by Crippen LogP contribution is -2.34. The second-order valence-corrected chi connectivity index (χ2v) is 5.73. The highest BCUT2D eigenvalue weighted by molar-refractivity contribution is 7.80. The van der Waals surface area contributed by atoms with Crippen molar-refractivity contribution in [3.05, 3.63) is 0 Å². The highest BCUT2D eigenvalue weighted by atomic mass is 32.1. The Hall–Kier alpha value is -0.220. The topological polar surface area (TPSA) is 32.3 Å². The van der Waals surface area contributed by atoms with Crippen LogP contribution in [0.25, 0.3) is 0 Å². The number of amides is 1. The van der Waals surface area contributed by atoms with Crippen molar-refractivity contribution in [2.24, 2.45) is 11.8 Å². The molecule has 0 radical (unpaired) electrons. The third kappa shape index (κ3) is 2.48. The molecule has 86 valence electrons. The summed E-state index contributed by atoms with van der Waals surface area (Å²) in [4.78, 5) is 13.2. The van der Waals surface area contributed by atoms with Crippen molar-refractivity contribution in [2.75, 3.05) is 13.1 Å². The van der Waals surface area contributed by atoms with Gasteiger partial charge in [0.05, 0.1) is 0 Å². The maximum atomic E-state index is 11.2. The molecule has 1 amide bonds. The predicted octanol–water partition coefficient (Wildman–Crippen LogP) is 1.11. The second kappa shape index (κ2) is 4.34. The van der Waals surface area contributed by atoms with Crippen LogP contribution in [0.3, 0.4) is 0 Å². The minimum atomic E-state index is 0.233. The number of hydrogen-bond acceptors (Lipinski definition) is 3. The van der Waals surface area contributed by atoms with Gasteiger partial charge in [-0.1, -0.05) is 0 Å². The quantitative estimate of drug-likeness (QED) is 0.548. The van der Waals surface area contributed by atoms with Gasteiger partial charge in [-0.05, 0) is 31.6 Å². The van der Waals surface area contributed by atoms with Crippen molar-refractivity contribution >= 4 is 18.5 Å². The third-order valence-corrected chi connectivity index (χ3v) is 3.82. The highest BCUT2D eigenvalue weighted by Gasteiger charge is 2.41. The first-order valence-corrected chi connectivity index (χ1v) is 6.27. The van der Waals surface area contributed by atoms with Crippen LogP contribution in [0.1, 0.15) is 26.7 Å². The van der Waals surface area contributed by atoms with Crippen LogP contribution in [0, 0.1) is 11.8 Å². The Labute approximate surface area is 97.0 Å². The lowest BCUT2D eigenvalue weighted by Gasteiger charge is -2.19. The van der Waals surface area contributed by atoms with Gasteiger partial charge in [0.1, 0.15) is 0 Å². The molecular formula is C11H20N2OS. The zero-order valence-electron chi connectivity index (χ0n) is 9.44. The van der Waals surface area contributed by atoms with Crippen molar-refractivity contribution in [2.45, 2.75) is 38.1 Å². The molecule has 1 aliphatic heterocycles. The first kappa shape index (κ1) is 11.3. The SMILES string of the molecule is CC(=O)N1C[C@H]2C[C@@H](NC(C)S)C[C@H]2C1. The average Bonchev–Trinajstić information content (AvgIpc) is 2.58. The molecule has 1 saturated carbocycles. The summed E-state index contributed by atoms with van der Waals surface area (Å²) in [5, 5.41) is 3.75. The van der Waals surface area contributed by atoms with Gasteiger partial charge in [-0.25, -0.2) is 0 Å². The van der Waals surface area contributed by atoms with Gasteiger partial charge in [0.25, 0.3) is 0 Å². The Bertz CT molecular complexity index is 243. The normalized spacial score (nSPS) is 36.7. The van der Waals surface area contributed by atoms with Gasteiger partial charge in [-0.15, -0.1) is 0 Å². The van der Waals surface area contributed by atoms with Crippen LogP contribution in [-0.2, 0) is 4.79 Å². The fourth-order valence-corrected chi connectivity index (χ4v) is 3.25. The van der Waals surface area contributed by atoms with Gasteiger partial charge in [-0.2, -0.15) is 12.6 Å². The highest BCUT2D eigenvalue weighted by Crippen LogP contribution is 2.38. The van der Waals surface area contributed by atoms with Gasteiger partial charge < -0.3 is 10.2 Å². The number of likely N-dealkylation sites (tertiary alicyclic amines) is 1. The molecule has 1 heterocycles. The number of carbonyl (C=O) groups excluding carboxylic acids is 1. The first-order chi connectivity index (χ1) is 7.06. The summed E-state index contributed by atoms with van der Waals surface area (Å²) < 4.78 is 0. The van der Waals surface area contributed by atoms with Gasteiger partial charge in [0.2, 0.25) is 5.91 Å². The van der Waals surface area contributed by atoms with Crippen LogP contribution in [0.15, 0.2) is 0 Å². The Balaban J connectivity index is 1.85. The minimum Gasteiger partial charge on any atom is -0.342 e. The average molecular weight is 228 g/mol. The molecule has 0 bridgehead atoms. The van der Waals surface area contributed by atoms with E-state index in [0.29, 0.717) is 6.04 Å². The summed E-state index contributed by atoms with van der Waals surface area (Å²) in [7, 11) is 0. The van der Waals surface area contributed by atoms with Gasteiger partial charge >= 0.3 is 0 Å². The van der Waals surface area contributed by atoms with Gasteiger partial charge in [0.15, 0.2) is 0 Å². The van der Waals surface area contributed by atoms with E-state index >= 15 is 0 Å². The van der Waals surface area contributed by atoms with Crippen LogP contribution in [-0.4, -0.2) is 35.3 Å². The zero-order valence-corrected chi connectivity index (χ0v) is 10.3. The number of hydrogen-bond donors (Lipinski definition) is 2. The smallest absolute Gasteiger partial charge is 0.219 e. The summed E-state index contributed by atoms with van der Waals surface area (Å²) in [6, 6.07) is 0.613. The lowest BCUT2D eigenvalue weighted by molar-refractivity contribution is -0.128. The molecule has 3 nitrogen and oxygen atoms in total. The summed E-state index contributed by atoms with van der Waals surface area (Å²) in [5.41, 5.74) is 0. The molecular weight excluding hydrogens is 208 g/mol. The number of nitrogens with one attached hydrogen (secondary N) is 1. The minimum absolute atomic E-state index is 0.233. The van der Waals surface area contributed by atoms with E-state index in [1.807, 2.05) is 4.90 Å². The van der Waals surface area contributed by atoms with Crippen molar-refractivity contribution < 1.29 is 4.79 Å². The molecule has 2 aliphatic rings. The molecule has 0 aromatic heterocycles. The van der Waals surface area contributed by atoms with Crippen LogP contribution < -0.4 is 5.32 Å². The number of fused-ring (bicyclic) bond motifs is 1. The molecule has 15 heavy (non-hydrogen) atoms. The Morgan fingerprint density at radius 1 is 1.40 bits per heavy atom. The standard InChI is InChI=1S/C11H20N2OS/c1-7(15)12-11-3-9-5-13(8(2)14)6-10(9)4-11/h7,9-12,15H,3-6H2,1-2H3/t7?,9-,10+,11-. The van der Waals surface area contributed by atoms with Crippen molar-refractivity contribution in [1.29, 1.82) is 0 Å². The number of thiol groups is 1. The predicted molar refractivity (Wildman–Crippen MR) is 63.8 cm³/mol. The van der Waals surface area contributed by atoms with Crippen LogP contribution in [0.4, 0.5) is 0 Å². The Morgan fingerprint density at radius 2 is 1.93 bits per heavy atom. The van der Waals surface area contributed by atoms with Crippen molar-refractivity contribution in [3.63, 3.8) is 0 Å². The third-order valence-electron chi connectivity index (χ3n) is 3.67. The van der Waals surface area contributed by atoms with E-state index in [-0.39, 0.29) is 11.3 Å². The van der Waals surface area contributed by atoms with E-state index in [0.717, 1.165) is 24.9 Å². The van der Waals surface area contributed by atoms with Crippen molar-refractivity contribution in [1.82, 2.24) is 10.2 Å². The molecule has 2 rings (SSSR count). The van der Waals surface area contributed by atoms with Gasteiger partial charge in [-0.3, -0.25) is 4.79 Å². The molecule has 1 N–H and O–H groups in total. The van der Waals surface area contributed by atoms with E-state index < -0.39 is 0 Å². The van der Waals surface area contributed by atoms with E-state index in [4.69, 9.17) is 0 Å².